The highest BCUT2D eigenvalue weighted by Gasteiger charge is 2.46. The molecule has 1 amide bonds. The second-order valence-corrected chi connectivity index (χ2v) is 6.25. The van der Waals surface area contributed by atoms with Crippen LogP contribution in [0.1, 0.15) is 35.6 Å². The van der Waals surface area contributed by atoms with Crippen molar-refractivity contribution in [3.63, 3.8) is 0 Å². The van der Waals surface area contributed by atoms with Crippen molar-refractivity contribution >= 4 is 34.3 Å². The van der Waals surface area contributed by atoms with Gasteiger partial charge in [-0.2, -0.15) is 0 Å². The van der Waals surface area contributed by atoms with Crippen LogP contribution in [0.3, 0.4) is 0 Å². The van der Waals surface area contributed by atoms with Gasteiger partial charge in [0, 0.05) is 0 Å². The molecule has 2 heterocycles. The van der Waals surface area contributed by atoms with Crippen LogP contribution in [-0.2, 0) is 19.1 Å². The average Bonchev–Trinajstić information content (AvgIpc) is 2.87. The number of amides is 1. The molecule has 7 nitrogen and oxygen atoms in total. The second-order valence-electron chi connectivity index (χ2n) is 5.25. The van der Waals surface area contributed by atoms with E-state index in [1.54, 1.807) is 20.8 Å². The molecule has 0 unspecified atom stereocenters. The Kier molecular flexibility index (Phi) is 3.99. The van der Waals surface area contributed by atoms with Crippen molar-refractivity contribution < 1.29 is 23.9 Å². The van der Waals surface area contributed by atoms with Gasteiger partial charge in [0.25, 0.3) is 0 Å². The van der Waals surface area contributed by atoms with Gasteiger partial charge in [0.15, 0.2) is 5.13 Å². The molecular formula is C13H16N2O5S. The molecule has 1 fully saturated rings. The van der Waals surface area contributed by atoms with Crippen molar-refractivity contribution in [1.82, 2.24) is 4.98 Å². The van der Waals surface area contributed by atoms with E-state index in [1.807, 2.05) is 0 Å². The molecule has 0 radical (unpaired) electrons. The molecule has 21 heavy (non-hydrogen) atoms. The van der Waals surface area contributed by atoms with Crippen LogP contribution in [0.5, 0.6) is 0 Å². The van der Waals surface area contributed by atoms with E-state index in [2.05, 4.69) is 15.0 Å². The Morgan fingerprint density at radius 3 is 2.67 bits per heavy atom. The maximum atomic E-state index is 12.2. The largest absolute Gasteiger partial charge is 0.465 e. The van der Waals surface area contributed by atoms with E-state index in [-0.39, 0.29) is 12.3 Å². The lowest BCUT2D eigenvalue weighted by Crippen LogP contribution is -2.36. The number of thiazole rings is 1. The van der Waals surface area contributed by atoms with Crippen molar-refractivity contribution in [2.45, 2.75) is 32.8 Å². The number of hydrogen-bond donors (Lipinski definition) is 1. The Morgan fingerprint density at radius 1 is 1.48 bits per heavy atom. The number of methoxy groups -OCH3 is 1. The first-order valence-corrected chi connectivity index (χ1v) is 7.14. The summed E-state index contributed by atoms with van der Waals surface area (Å²) in [4.78, 5) is 39.5. The van der Waals surface area contributed by atoms with Crippen LogP contribution in [0.2, 0.25) is 0 Å². The third-order valence-electron chi connectivity index (χ3n) is 3.30. The van der Waals surface area contributed by atoms with Crippen LogP contribution in [-0.4, -0.2) is 35.5 Å². The predicted octanol–water partition coefficient (Wildman–Crippen LogP) is 1.52. The normalized spacial score (nSPS) is 20.0. The SMILES string of the molecule is COC(=O)c1sc(NC(=O)[C@@H]2CC(=O)OC2(C)C)nc1C. The summed E-state index contributed by atoms with van der Waals surface area (Å²) in [6.45, 7) is 5.04. The number of esters is 2. The van der Waals surface area contributed by atoms with E-state index < -0.39 is 23.5 Å². The Morgan fingerprint density at radius 2 is 2.14 bits per heavy atom. The van der Waals surface area contributed by atoms with Gasteiger partial charge in [0.2, 0.25) is 5.91 Å². The highest BCUT2D eigenvalue weighted by molar-refractivity contribution is 7.17. The van der Waals surface area contributed by atoms with Crippen molar-refractivity contribution in [1.29, 1.82) is 0 Å². The summed E-state index contributed by atoms with van der Waals surface area (Å²) in [7, 11) is 1.28. The highest BCUT2D eigenvalue weighted by Crippen LogP contribution is 2.34. The van der Waals surface area contributed by atoms with E-state index in [0.717, 1.165) is 11.3 Å². The second kappa shape index (κ2) is 5.44. The molecule has 1 atom stereocenters. The van der Waals surface area contributed by atoms with Gasteiger partial charge < -0.3 is 14.8 Å². The van der Waals surface area contributed by atoms with Gasteiger partial charge in [-0.3, -0.25) is 9.59 Å². The quantitative estimate of drug-likeness (QED) is 0.850. The number of carbonyl (C=O) groups is 3. The molecule has 0 saturated carbocycles. The van der Waals surface area contributed by atoms with E-state index in [1.165, 1.54) is 7.11 Å². The molecule has 1 aromatic heterocycles. The minimum atomic E-state index is -0.849. The smallest absolute Gasteiger partial charge is 0.350 e. The average molecular weight is 312 g/mol. The predicted molar refractivity (Wildman–Crippen MR) is 75.1 cm³/mol. The monoisotopic (exact) mass is 312 g/mol. The number of hydrogen-bond acceptors (Lipinski definition) is 7. The van der Waals surface area contributed by atoms with E-state index in [4.69, 9.17) is 4.74 Å². The third kappa shape index (κ3) is 3.05. The topological polar surface area (TPSA) is 94.6 Å². The van der Waals surface area contributed by atoms with Crippen LogP contribution in [0.15, 0.2) is 0 Å². The molecule has 1 aromatic rings. The number of rotatable bonds is 3. The van der Waals surface area contributed by atoms with Crippen LogP contribution in [0.4, 0.5) is 5.13 Å². The molecule has 114 valence electrons. The fraction of sp³-hybridized carbons (Fsp3) is 0.538. The number of aromatic nitrogens is 1. The molecule has 0 aliphatic carbocycles. The summed E-state index contributed by atoms with van der Waals surface area (Å²) in [5.41, 5.74) is -0.362. The van der Waals surface area contributed by atoms with Crippen molar-refractivity contribution in [3.8, 4) is 0 Å². The van der Waals surface area contributed by atoms with Crippen LogP contribution in [0, 0.1) is 12.8 Å². The lowest BCUT2D eigenvalue weighted by atomic mass is 9.90. The van der Waals surface area contributed by atoms with Gasteiger partial charge in [0.1, 0.15) is 10.5 Å². The maximum Gasteiger partial charge on any atom is 0.350 e. The van der Waals surface area contributed by atoms with Gasteiger partial charge in [-0.1, -0.05) is 11.3 Å². The molecular weight excluding hydrogens is 296 g/mol. The Hall–Kier alpha value is -1.96. The van der Waals surface area contributed by atoms with E-state index >= 15 is 0 Å². The van der Waals surface area contributed by atoms with Gasteiger partial charge >= 0.3 is 11.9 Å². The summed E-state index contributed by atoms with van der Waals surface area (Å²) in [5, 5.41) is 2.93. The molecule has 0 aromatic carbocycles. The number of aryl methyl sites for hydroxylation is 1. The Labute approximate surface area is 125 Å². The van der Waals surface area contributed by atoms with Gasteiger partial charge in [0.05, 0.1) is 25.1 Å². The number of anilines is 1. The summed E-state index contributed by atoms with van der Waals surface area (Å²) in [5.74, 6) is -1.83. The summed E-state index contributed by atoms with van der Waals surface area (Å²) in [6, 6.07) is 0. The van der Waals surface area contributed by atoms with Gasteiger partial charge in [-0.25, -0.2) is 9.78 Å². The van der Waals surface area contributed by atoms with Crippen LogP contribution < -0.4 is 5.32 Å². The fourth-order valence-corrected chi connectivity index (χ4v) is 3.04. The van der Waals surface area contributed by atoms with Gasteiger partial charge in [-0.05, 0) is 20.8 Å². The molecule has 1 saturated heterocycles. The van der Waals surface area contributed by atoms with Crippen molar-refractivity contribution in [2.75, 3.05) is 12.4 Å². The summed E-state index contributed by atoms with van der Waals surface area (Å²) < 4.78 is 9.75. The molecule has 1 aliphatic heterocycles. The molecule has 0 bridgehead atoms. The minimum Gasteiger partial charge on any atom is -0.465 e. The van der Waals surface area contributed by atoms with Crippen LogP contribution in [0.25, 0.3) is 0 Å². The molecule has 2 rings (SSSR count). The highest BCUT2D eigenvalue weighted by atomic mass is 32.1. The molecule has 1 aliphatic rings. The van der Waals surface area contributed by atoms with Gasteiger partial charge in [-0.15, -0.1) is 0 Å². The maximum absolute atomic E-state index is 12.2. The lowest BCUT2D eigenvalue weighted by molar-refractivity contribution is -0.147. The standard InChI is InChI=1S/C13H16N2O5S/c1-6-9(11(18)19-4)21-12(14-6)15-10(17)7-5-8(16)20-13(7,2)3/h7H,5H2,1-4H3,(H,14,15,17)/t7-/m0/s1. The number of carbonyl (C=O) groups excluding carboxylic acids is 3. The summed E-state index contributed by atoms with van der Waals surface area (Å²) in [6.07, 6.45) is 0.0348. The number of cyclic esters (lactones) is 1. The first-order valence-electron chi connectivity index (χ1n) is 6.33. The van der Waals surface area contributed by atoms with E-state index in [0.29, 0.717) is 15.7 Å². The van der Waals surface area contributed by atoms with Crippen LogP contribution >= 0.6 is 11.3 Å². The number of ether oxygens (including phenoxy) is 2. The number of nitrogens with one attached hydrogen (secondary N) is 1. The zero-order valence-electron chi connectivity index (χ0n) is 12.2. The lowest BCUT2D eigenvalue weighted by Gasteiger charge is -2.23. The first-order chi connectivity index (χ1) is 9.74. The fourth-order valence-electron chi connectivity index (χ4n) is 2.15. The minimum absolute atomic E-state index is 0.0348. The number of nitrogens with zero attached hydrogens (tertiary/aromatic N) is 1. The van der Waals surface area contributed by atoms with Crippen molar-refractivity contribution in [2.24, 2.45) is 5.92 Å². The molecule has 1 N–H and O–H groups in total. The Balaban J connectivity index is 2.14. The zero-order chi connectivity index (χ0) is 15.8. The van der Waals surface area contributed by atoms with Crippen molar-refractivity contribution in [3.05, 3.63) is 10.6 Å². The zero-order valence-corrected chi connectivity index (χ0v) is 13.0. The third-order valence-corrected chi connectivity index (χ3v) is 4.35. The first kappa shape index (κ1) is 15.4. The Bertz CT molecular complexity index is 608. The molecule has 8 heteroatoms. The summed E-state index contributed by atoms with van der Waals surface area (Å²) >= 11 is 1.04. The van der Waals surface area contributed by atoms with E-state index in [9.17, 15) is 14.4 Å². The molecule has 0 spiro atoms.